The number of carbonyl (C=O) groups is 1. The first-order chi connectivity index (χ1) is 9.16. The summed E-state index contributed by atoms with van der Waals surface area (Å²) in [4.78, 5) is 12.0. The van der Waals surface area contributed by atoms with Crippen molar-refractivity contribution < 1.29 is 4.79 Å². The van der Waals surface area contributed by atoms with E-state index in [9.17, 15) is 4.79 Å². The average Bonchev–Trinajstić information content (AvgIpc) is 2.40. The molecule has 0 aliphatic rings. The van der Waals surface area contributed by atoms with E-state index in [1.807, 2.05) is 61.5 Å². The lowest BCUT2D eigenvalue weighted by atomic mass is 10.1. The van der Waals surface area contributed by atoms with E-state index >= 15 is 0 Å². The van der Waals surface area contributed by atoms with Crippen LogP contribution in [0.25, 0.3) is 5.57 Å². The summed E-state index contributed by atoms with van der Waals surface area (Å²) in [7, 11) is 0. The largest absolute Gasteiger partial charge is 0.325 e. The molecule has 0 unspecified atom stereocenters. The summed E-state index contributed by atoms with van der Waals surface area (Å²) in [5, 5.41) is 2.94. The molecule has 0 spiro atoms. The number of benzene rings is 2. The molecule has 0 atom stereocenters. The monoisotopic (exact) mass is 251 g/mol. The van der Waals surface area contributed by atoms with E-state index in [4.69, 9.17) is 0 Å². The molecule has 96 valence electrons. The van der Waals surface area contributed by atoms with Gasteiger partial charge in [0.1, 0.15) is 0 Å². The summed E-state index contributed by atoms with van der Waals surface area (Å²) in [6.45, 7) is 5.86. The Hall–Kier alpha value is -2.35. The maximum atomic E-state index is 12.0. The van der Waals surface area contributed by atoms with Gasteiger partial charge in [-0.1, -0.05) is 55.1 Å². The van der Waals surface area contributed by atoms with Crippen molar-refractivity contribution in [3.8, 4) is 0 Å². The summed E-state index contributed by atoms with van der Waals surface area (Å²) >= 11 is 0. The molecule has 0 heterocycles. The molecule has 0 bridgehead atoms. The van der Waals surface area contributed by atoms with Crippen LogP contribution in [0.4, 0.5) is 5.69 Å². The Balaban J connectivity index is 2.09. The molecular weight excluding hydrogens is 234 g/mol. The molecule has 0 saturated carbocycles. The van der Waals surface area contributed by atoms with Crippen molar-refractivity contribution >= 4 is 17.2 Å². The fourth-order valence-electron chi connectivity index (χ4n) is 1.94. The second-order valence-electron chi connectivity index (χ2n) is 4.54. The van der Waals surface area contributed by atoms with E-state index in [2.05, 4.69) is 11.9 Å². The number of amides is 1. The molecule has 2 aromatic carbocycles. The minimum absolute atomic E-state index is 0.0140. The topological polar surface area (TPSA) is 29.1 Å². The van der Waals surface area contributed by atoms with Crippen molar-refractivity contribution in [3.05, 3.63) is 72.3 Å². The lowest BCUT2D eigenvalue weighted by molar-refractivity contribution is -0.115. The van der Waals surface area contributed by atoms with Gasteiger partial charge in [0.2, 0.25) is 5.91 Å². The number of nitrogens with one attached hydrogen (secondary N) is 1. The minimum Gasteiger partial charge on any atom is -0.325 e. The highest BCUT2D eigenvalue weighted by Gasteiger charge is 2.07. The molecular formula is C17H17NO. The maximum absolute atomic E-state index is 12.0. The average molecular weight is 251 g/mol. The predicted octanol–water partition coefficient (Wildman–Crippen LogP) is 3.90. The maximum Gasteiger partial charge on any atom is 0.228 e. The van der Waals surface area contributed by atoms with Gasteiger partial charge in [-0.05, 0) is 24.1 Å². The highest BCUT2D eigenvalue weighted by atomic mass is 16.1. The quantitative estimate of drug-likeness (QED) is 0.877. The summed E-state index contributed by atoms with van der Waals surface area (Å²) < 4.78 is 0. The lowest BCUT2D eigenvalue weighted by Crippen LogP contribution is -2.15. The lowest BCUT2D eigenvalue weighted by Gasteiger charge is -2.10. The van der Waals surface area contributed by atoms with Crippen molar-refractivity contribution in [3.63, 3.8) is 0 Å². The molecule has 2 nitrogen and oxygen atoms in total. The first-order valence-corrected chi connectivity index (χ1v) is 6.25. The molecule has 19 heavy (non-hydrogen) atoms. The Kier molecular flexibility index (Phi) is 4.14. The molecule has 2 rings (SSSR count). The van der Waals surface area contributed by atoms with Crippen molar-refractivity contribution in [1.29, 1.82) is 0 Å². The number of hydrogen-bond donors (Lipinski definition) is 1. The van der Waals surface area contributed by atoms with Gasteiger partial charge in [0.25, 0.3) is 0 Å². The van der Waals surface area contributed by atoms with Crippen LogP contribution in [0, 0.1) is 0 Å². The van der Waals surface area contributed by atoms with Gasteiger partial charge in [-0.15, -0.1) is 0 Å². The highest BCUT2D eigenvalue weighted by molar-refractivity contribution is 5.95. The van der Waals surface area contributed by atoms with Gasteiger partial charge in [0, 0.05) is 11.3 Å². The smallest absolute Gasteiger partial charge is 0.228 e. The molecule has 0 radical (unpaired) electrons. The standard InChI is InChI=1S/C17H17NO/c1-13(2)15-10-6-7-11-16(15)18-17(19)12-14-8-4-3-5-9-14/h3-11H,1,12H2,2H3,(H,18,19). The third-order valence-electron chi connectivity index (χ3n) is 2.87. The molecule has 1 N–H and O–H groups in total. The van der Waals surface area contributed by atoms with Crippen LogP contribution in [-0.4, -0.2) is 5.91 Å². The van der Waals surface area contributed by atoms with E-state index in [1.54, 1.807) is 0 Å². The normalized spacial score (nSPS) is 9.95. The van der Waals surface area contributed by atoms with Gasteiger partial charge in [-0.25, -0.2) is 0 Å². The highest BCUT2D eigenvalue weighted by Crippen LogP contribution is 2.22. The first kappa shape index (κ1) is 13.1. The second-order valence-corrected chi connectivity index (χ2v) is 4.54. The molecule has 0 saturated heterocycles. The van der Waals surface area contributed by atoms with Gasteiger partial charge < -0.3 is 5.32 Å². The number of hydrogen-bond acceptors (Lipinski definition) is 1. The third-order valence-corrected chi connectivity index (χ3v) is 2.87. The summed E-state index contributed by atoms with van der Waals surface area (Å²) in [5.41, 5.74) is 3.74. The summed E-state index contributed by atoms with van der Waals surface area (Å²) in [5.74, 6) is -0.0140. The van der Waals surface area contributed by atoms with Crippen LogP contribution in [0.5, 0.6) is 0 Å². The predicted molar refractivity (Wildman–Crippen MR) is 79.9 cm³/mol. The van der Waals surface area contributed by atoms with Gasteiger partial charge in [-0.3, -0.25) is 4.79 Å². The van der Waals surface area contributed by atoms with Crippen LogP contribution >= 0.6 is 0 Å². The van der Waals surface area contributed by atoms with Gasteiger partial charge >= 0.3 is 0 Å². The molecule has 2 aromatic rings. The van der Waals surface area contributed by atoms with E-state index in [1.165, 1.54) is 0 Å². The zero-order chi connectivity index (χ0) is 13.7. The Bertz CT molecular complexity index is 587. The Labute approximate surface area is 113 Å². The van der Waals surface area contributed by atoms with E-state index in [0.29, 0.717) is 6.42 Å². The molecule has 0 aliphatic heterocycles. The summed E-state index contributed by atoms with van der Waals surface area (Å²) in [6.07, 6.45) is 0.380. The molecule has 2 heteroatoms. The van der Waals surface area contributed by atoms with E-state index in [-0.39, 0.29) is 5.91 Å². The molecule has 0 aromatic heterocycles. The minimum atomic E-state index is -0.0140. The number of rotatable bonds is 4. The van der Waals surface area contributed by atoms with Crippen LogP contribution in [-0.2, 0) is 11.2 Å². The zero-order valence-electron chi connectivity index (χ0n) is 11.0. The number of carbonyl (C=O) groups excluding carboxylic acids is 1. The van der Waals surface area contributed by atoms with Crippen molar-refractivity contribution in [2.75, 3.05) is 5.32 Å². The summed E-state index contributed by atoms with van der Waals surface area (Å²) in [6, 6.07) is 17.4. The van der Waals surface area contributed by atoms with E-state index in [0.717, 1.165) is 22.4 Å². The number of para-hydroxylation sites is 1. The van der Waals surface area contributed by atoms with Crippen LogP contribution in [0.1, 0.15) is 18.1 Å². The Morgan fingerprint density at radius 3 is 2.37 bits per heavy atom. The van der Waals surface area contributed by atoms with Crippen LogP contribution in [0.15, 0.2) is 61.2 Å². The Morgan fingerprint density at radius 1 is 1.05 bits per heavy atom. The van der Waals surface area contributed by atoms with Crippen molar-refractivity contribution in [1.82, 2.24) is 0 Å². The second kappa shape index (κ2) is 6.01. The third kappa shape index (κ3) is 3.55. The van der Waals surface area contributed by atoms with Crippen LogP contribution < -0.4 is 5.32 Å². The number of allylic oxidation sites excluding steroid dienone is 1. The Morgan fingerprint density at radius 2 is 1.68 bits per heavy atom. The molecule has 1 amide bonds. The van der Waals surface area contributed by atoms with Crippen LogP contribution in [0.3, 0.4) is 0 Å². The van der Waals surface area contributed by atoms with E-state index < -0.39 is 0 Å². The molecule has 0 aliphatic carbocycles. The SMILES string of the molecule is C=C(C)c1ccccc1NC(=O)Cc1ccccc1. The van der Waals surface area contributed by atoms with Gasteiger partial charge in [0.15, 0.2) is 0 Å². The number of anilines is 1. The zero-order valence-corrected chi connectivity index (χ0v) is 11.0. The van der Waals surface area contributed by atoms with Gasteiger partial charge in [-0.2, -0.15) is 0 Å². The van der Waals surface area contributed by atoms with Crippen LogP contribution in [0.2, 0.25) is 0 Å². The fourth-order valence-corrected chi connectivity index (χ4v) is 1.94. The van der Waals surface area contributed by atoms with Crippen molar-refractivity contribution in [2.24, 2.45) is 0 Å². The van der Waals surface area contributed by atoms with Crippen molar-refractivity contribution in [2.45, 2.75) is 13.3 Å². The van der Waals surface area contributed by atoms with Gasteiger partial charge in [0.05, 0.1) is 6.42 Å². The fraction of sp³-hybridized carbons (Fsp3) is 0.118. The molecule has 0 fully saturated rings. The first-order valence-electron chi connectivity index (χ1n) is 6.25.